The first-order valence-corrected chi connectivity index (χ1v) is 12.0. The van der Waals surface area contributed by atoms with E-state index >= 15 is 0 Å². The number of carbonyl (C=O) groups is 2. The summed E-state index contributed by atoms with van der Waals surface area (Å²) in [7, 11) is -3.65. The number of anilines is 1. The topological polar surface area (TPSA) is 86.8 Å². The maximum absolute atomic E-state index is 13.4. The standard InChI is InChI=1S/C23H29N3O4S/c1-16-9-11-19(12-10-16)13-24-22(28)23(4)15-25(31(5,29)30)14-21(27)26(23)20-8-6-7-17(2)18(20)3/h6-12H,13-15H2,1-5H3,(H,24,28)/t23-/m1/s1. The Balaban J connectivity index is 1.99. The van der Waals surface area contributed by atoms with Crippen LogP contribution in [0.5, 0.6) is 0 Å². The van der Waals surface area contributed by atoms with Crippen LogP contribution in [-0.2, 0) is 26.2 Å². The molecule has 2 aromatic rings. The quantitative estimate of drug-likeness (QED) is 0.768. The maximum atomic E-state index is 13.4. The van der Waals surface area contributed by atoms with Crippen LogP contribution in [0.2, 0.25) is 0 Å². The van der Waals surface area contributed by atoms with Gasteiger partial charge in [-0.2, -0.15) is 4.31 Å². The minimum absolute atomic E-state index is 0.120. The molecule has 7 nitrogen and oxygen atoms in total. The van der Waals surface area contributed by atoms with E-state index in [0.29, 0.717) is 5.69 Å². The highest BCUT2D eigenvalue weighted by Crippen LogP contribution is 2.33. The second-order valence-electron chi connectivity index (χ2n) is 8.42. The molecule has 166 valence electrons. The van der Waals surface area contributed by atoms with Gasteiger partial charge in [-0.05, 0) is 50.5 Å². The molecular weight excluding hydrogens is 414 g/mol. The predicted octanol–water partition coefficient (Wildman–Crippen LogP) is 2.30. The summed E-state index contributed by atoms with van der Waals surface area (Å²) in [6, 6.07) is 13.3. The van der Waals surface area contributed by atoms with E-state index in [-0.39, 0.29) is 19.6 Å². The molecule has 1 saturated heterocycles. The molecule has 0 aromatic heterocycles. The van der Waals surface area contributed by atoms with E-state index in [1.165, 1.54) is 4.90 Å². The molecule has 0 spiro atoms. The summed E-state index contributed by atoms with van der Waals surface area (Å²) >= 11 is 0. The van der Waals surface area contributed by atoms with Gasteiger partial charge in [-0.15, -0.1) is 0 Å². The van der Waals surface area contributed by atoms with Crippen molar-refractivity contribution in [2.75, 3.05) is 24.2 Å². The summed E-state index contributed by atoms with van der Waals surface area (Å²) in [6.45, 7) is 7.30. The van der Waals surface area contributed by atoms with Crippen LogP contribution in [-0.4, -0.2) is 49.4 Å². The second-order valence-corrected chi connectivity index (χ2v) is 10.4. The fraction of sp³-hybridized carbons (Fsp3) is 0.391. The van der Waals surface area contributed by atoms with E-state index in [1.54, 1.807) is 13.0 Å². The number of nitrogens with zero attached hydrogens (tertiary/aromatic N) is 2. The lowest BCUT2D eigenvalue weighted by molar-refractivity contribution is -0.133. The number of aryl methyl sites for hydroxylation is 2. The van der Waals surface area contributed by atoms with Gasteiger partial charge in [0.15, 0.2) is 0 Å². The highest BCUT2D eigenvalue weighted by atomic mass is 32.2. The number of amides is 2. The average molecular weight is 444 g/mol. The van der Waals surface area contributed by atoms with Crippen molar-refractivity contribution >= 4 is 27.5 Å². The summed E-state index contributed by atoms with van der Waals surface area (Å²) in [4.78, 5) is 28.1. The molecule has 31 heavy (non-hydrogen) atoms. The number of hydrogen-bond donors (Lipinski definition) is 1. The Bertz CT molecular complexity index is 1110. The van der Waals surface area contributed by atoms with Crippen molar-refractivity contribution < 1.29 is 18.0 Å². The third kappa shape index (κ3) is 4.65. The molecule has 1 heterocycles. The van der Waals surface area contributed by atoms with Gasteiger partial charge < -0.3 is 5.32 Å². The van der Waals surface area contributed by atoms with Gasteiger partial charge in [0.05, 0.1) is 12.8 Å². The molecule has 0 unspecified atom stereocenters. The summed E-state index contributed by atoms with van der Waals surface area (Å²) < 4.78 is 25.6. The number of piperazine rings is 1. The van der Waals surface area contributed by atoms with Crippen molar-refractivity contribution in [2.45, 2.75) is 39.8 Å². The molecule has 8 heteroatoms. The number of sulfonamides is 1. The van der Waals surface area contributed by atoms with Gasteiger partial charge in [-0.3, -0.25) is 14.5 Å². The third-order valence-corrected chi connectivity index (χ3v) is 7.08. The van der Waals surface area contributed by atoms with E-state index in [4.69, 9.17) is 0 Å². The van der Waals surface area contributed by atoms with Crippen LogP contribution < -0.4 is 10.2 Å². The molecule has 1 aliphatic heterocycles. The molecule has 2 amide bonds. The van der Waals surface area contributed by atoms with Crippen molar-refractivity contribution in [3.8, 4) is 0 Å². The Hall–Kier alpha value is -2.71. The predicted molar refractivity (Wildman–Crippen MR) is 121 cm³/mol. The highest BCUT2D eigenvalue weighted by Gasteiger charge is 2.50. The van der Waals surface area contributed by atoms with Gasteiger partial charge in [-0.25, -0.2) is 8.42 Å². The number of benzene rings is 2. The molecule has 0 aliphatic carbocycles. The summed E-state index contributed by atoms with van der Waals surface area (Å²) in [5.74, 6) is -0.839. The number of hydrogen-bond acceptors (Lipinski definition) is 4. The lowest BCUT2D eigenvalue weighted by atomic mass is 9.93. The second kappa shape index (κ2) is 8.43. The van der Waals surface area contributed by atoms with Crippen molar-refractivity contribution in [2.24, 2.45) is 0 Å². The zero-order valence-corrected chi connectivity index (χ0v) is 19.4. The molecule has 1 atom stereocenters. The van der Waals surface area contributed by atoms with Gasteiger partial charge in [0.2, 0.25) is 21.8 Å². The lowest BCUT2D eigenvalue weighted by Crippen LogP contribution is -2.70. The fourth-order valence-corrected chi connectivity index (χ4v) is 4.66. The minimum atomic E-state index is -3.65. The van der Waals surface area contributed by atoms with E-state index in [0.717, 1.165) is 32.8 Å². The van der Waals surface area contributed by atoms with E-state index in [2.05, 4.69) is 5.32 Å². The summed E-state index contributed by atoms with van der Waals surface area (Å²) in [6.07, 6.45) is 1.05. The van der Waals surface area contributed by atoms with Crippen molar-refractivity contribution in [3.05, 3.63) is 64.7 Å². The van der Waals surface area contributed by atoms with E-state index in [1.807, 2.05) is 57.2 Å². The van der Waals surface area contributed by atoms with Crippen LogP contribution in [0.1, 0.15) is 29.2 Å². The minimum Gasteiger partial charge on any atom is -0.350 e. The summed E-state index contributed by atoms with van der Waals surface area (Å²) in [5, 5.41) is 2.90. The van der Waals surface area contributed by atoms with Crippen LogP contribution in [0.4, 0.5) is 5.69 Å². The third-order valence-electron chi connectivity index (χ3n) is 5.89. The van der Waals surface area contributed by atoms with Crippen LogP contribution >= 0.6 is 0 Å². The maximum Gasteiger partial charge on any atom is 0.247 e. The molecular formula is C23H29N3O4S. The smallest absolute Gasteiger partial charge is 0.247 e. The van der Waals surface area contributed by atoms with E-state index in [9.17, 15) is 18.0 Å². The molecule has 1 fully saturated rings. The zero-order chi connectivity index (χ0) is 23.0. The molecule has 2 aromatic carbocycles. The van der Waals surface area contributed by atoms with Crippen molar-refractivity contribution in [3.63, 3.8) is 0 Å². The molecule has 0 bridgehead atoms. The Morgan fingerprint density at radius 3 is 2.35 bits per heavy atom. The average Bonchev–Trinajstić information content (AvgIpc) is 2.69. The Labute approximate surface area is 184 Å². The van der Waals surface area contributed by atoms with Crippen molar-refractivity contribution in [1.82, 2.24) is 9.62 Å². The normalized spacial score (nSPS) is 20.0. The number of carbonyl (C=O) groups excluding carboxylic acids is 2. The molecule has 1 aliphatic rings. The Morgan fingerprint density at radius 2 is 1.74 bits per heavy atom. The SMILES string of the molecule is Cc1ccc(CNC(=O)[C@@]2(C)CN(S(C)(=O)=O)CC(=O)N2c2cccc(C)c2C)cc1. The van der Waals surface area contributed by atoms with Gasteiger partial charge in [-0.1, -0.05) is 42.0 Å². The van der Waals surface area contributed by atoms with Crippen LogP contribution in [0.15, 0.2) is 42.5 Å². The van der Waals surface area contributed by atoms with Crippen LogP contribution in [0, 0.1) is 20.8 Å². The zero-order valence-electron chi connectivity index (χ0n) is 18.6. The molecule has 3 rings (SSSR count). The van der Waals surface area contributed by atoms with Gasteiger partial charge in [0, 0.05) is 18.8 Å². The largest absolute Gasteiger partial charge is 0.350 e. The Kier molecular flexibility index (Phi) is 6.25. The van der Waals surface area contributed by atoms with Crippen LogP contribution in [0.25, 0.3) is 0 Å². The first-order valence-electron chi connectivity index (χ1n) is 10.1. The highest BCUT2D eigenvalue weighted by molar-refractivity contribution is 7.88. The number of rotatable bonds is 5. The van der Waals surface area contributed by atoms with Gasteiger partial charge in [0.1, 0.15) is 5.54 Å². The first kappa shape index (κ1) is 23.0. The summed E-state index contributed by atoms with van der Waals surface area (Å²) in [5.41, 5.74) is 3.11. The molecule has 0 radical (unpaired) electrons. The van der Waals surface area contributed by atoms with Crippen LogP contribution in [0.3, 0.4) is 0 Å². The van der Waals surface area contributed by atoms with Crippen molar-refractivity contribution in [1.29, 1.82) is 0 Å². The van der Waals surface area contributed by atoms with Gasteiger partial charge in [0.25, 0.3) is 0 Å². The fourth-order valence-electron chi connectivity index (χ4n) is 3.83. The molecule has 1 N–H and O–H groups in total. The monoisotopic (exact) mass is 443 g/mol. The van der Waals surface area contributed by atoms with E-state index < -0.39 is 27.4 Å². The molecule has 0 saturated carbocycles. The number of nitrogens with one attached hydrogen (secondary N) is 1. The van der Waals surface area contributed by atoms with Gasteiger partial charge >= 0.3 is 0 Å². The Morgan fingerprint density at radius 1 is 1.10 bits per heavy atom. The lowest BCUT2D eigenvalue weighted by Gasteiger charge is -2.47. The first-order chi connectivity index (χ1) is 14.4.